The summed E-state index contributed by atoms with van der Waals surface area (Å²) >= 11 is 0. The number of aliphatic hydroxyl groups excluding tert-OH is 1. The molecule has 29 heavy (non-hydrogen) atoms. The molecule has 1 aliphatic rings. The number of benzene rings is 2. The molecule has 1 saturated heterocycles. The van der Waals surface area contributed by atoms with Gasteiger partial charge in [-0.3, -0.25) is 9.59 Å². The molecule has 0 spiro atoms. The van der Waals surface area contributed by atoms with Gasteiger partial charge in [0.2, 0.25) is 0 Å². The molecule has 2 aromatic carbocycles. The maximum Gasteiger partial charge on any atom is 0.296 e. The van der Waals surface area contributed by atoms with Crippen molar-refractivity contribution in [2.24, 2.45) is 0 Å². The second-order valence-electron chi connectivity index (χ2n) is 6.97. The Kier molecular flexibility index (Phi) is 5.04. The molecule has 0 saturated carbocycles. The van der Waals surface area contributed by atoms with Crippen molar-refractivity contribution in [3.8, 4) is 0 Å². The van der Waals surface area contributed by atoms with Crippen LogP contribution in [0.25, 0.3) is 5.76 Å². The number of carbonyl (C=O) groups excluding carboxylic acids is 2. The summed E-state index contributed by atoms with van der Waals surface area (Å²) in [6.07, 6.45) is 2.41. The average molecular weight is 387 g/mol. The molecule has 1 fully saturated rings. The first kappa shape index (κ1) is 18.7. The molecule has 1 amide bonds. The molecule has 1 aromatic heterocycles. The first-order valence-electron chi connectivity index (χ1n) is 9.55. The van der Waals surface area contributed by atoms with Crippen molar-refractivity contribution in [3.63, 3.8) is 0 Å². The fraction of sp³-hybridized carbons (Fsp3) is 0.167. The molecular formula is C24H21NO4. The standard InChI is InChI=1S/C24H21NO4/c1-2-16-10-12-17(13-11-16)21-20(22(26)18-7-4-3-5-8-18)23(27)24(28)25(21)15-19-9-6-14-29-19/h3-14,21,26H,2,15H2,1H3/b22-20-. The molecule has 146 valence electrons. The van der Waals surface area contributed by atoms with Crippen LogP contribution in [0.2, 0.25) is 0 Å². The van der Waals surface area contributed by atoms with Gasteiger partial charge in [-0.15, -0.1) is 0 Å². The van der Waals surface area contributed by atoms with E-state index in [-0.39, 0.29) is 17.9 Å². The summed E-state index contributed by atoms with van der Waals surface area (Å²) in [5.41, 5.74) is 2.51. The number of Topliss-reactive ketones (excluding diaryl/α,β-unsaturated/α-hetero) is 1. The van der Waals surface area contributed by atoms with Crippen molar-refractivity contribution in [1.82, 2.24) is 4.90 Å². The van der Waals surface area contributed by atoms with Crippen molar-refractivity contribution in [3.05, 3.63) is 101 Å². The third-order valence-corrected chi connectivity index (χ3v) is 5.20. The van der Waals surface area contributed by atoms with Gasteiger partial charge in [0.05, 0.1) is 24.4 Å². The predicted molar refractivity (Wildman–Crippen MR) is 109 cm³/mol. The van der Waals surface area contributed by atoms with E-state index < -0.39 is 17.7 Å². The lowest BCUT2D eigenvalue weighted by atomic mass is 9.94. The Morgan fingerprint density at radius 2 is 1.72 bits per heavy atom. The van der Waals surface area contributed by atoms with Crippen LogP contribution >= 0.6 is 0 Å². The quantitative estimate of drug-likeness (QED) is 0.398. The van der Waals surface area contributed by atoms with Crippen molar-refractivity contribution in [1.29, 1.82) is 0 Å². The highest BCUT2D eigenvalue weighted by Crippen LogP contribution is 2.40. The van der Waals surface area contributed by atoms with E-state index in [4.69, 9.17) is 4.42 Å². The normalized spacial score (nSPS) is 18.4. The number of hydrogen-bond acceptors (Lipinski definition) is 4. The molecule has 1 N–H and O–H groups in total. The lowest BCUT2D eigenvalue weighted by Gasteiger charge is -2.24. The molecule has 5 heteroatoms. The molecule has 5 nitrogen and oxygen atoms in total. The summed E-state index contributed by atoms with van der Waals surface area (Å²) in [6, 6.07) is 19.4. The van der Waals surface area contributed by atoms with Crippen LogP contribution in [-0.4, -0.2) is 21.7 Å². The zero-order valence-corrected chi connectivity index (χ0v) is 16.0. The first-order valence-corrected chi connectivity index (χ1v) is 9.55. The highest BCUT2D eigenvalue weighted by Gasteiger charge is 2.46. The third kappa shape index (κ3) is 3.47. The first-order chi connectivity index (χ1) is 14.1. The number of furan rings is 1. The monoisotopic (exact) mass is 387 g/mol. The minimum Gasteiger partial charge on any atom is -0.507 e. The van der Waals surface area contributed by atoms with E-state index in [0.717, 1.165) is 17.5 Å². The topological polar surface area (TPSA) is 70.8 Å². The summed E-state index contributed by atoms with van der Waals surface area (Å²) in [4.78, 5) is 27.3. The van der Waals surface area contributed by atoms with Crippen LogP contribution in [0.5, 0.6) is 0 Å². The fourth-order valence-corrected chi connectivity index (χ4v) is 3.65. The Bertz CT molecular complexity index is 1050. The number of carbonyl (C=O) groups is 2. The molecule has 1 aliphatic heterocycles. The van der Waals surface area contributed by atoms with Gasteiger partial charge in [0.25, 0.3) is 11.7 Å². The minimum atomic E-state index is -0.692. The maximum atomic E-state index is 12.9. The van der Waals surface area contributed by atoms with Crippen molar-refractivity contribution in [2.45, 2.75) is 25.9 Å². The van der Waals surface area contributed by atoms with Gasteiger partial charge in [-0.1, -0.05) is 61.5 Å². The number of aliphatic hydroxyl groups is 1. The van der Waals surface area contributed by atoms with E-state index >= 15 is 0 Å². The molecule has 0 aliphatic carbocycles. The van der Waals surface area contributed by atoms with Crippen LogP contribution in [0.4, 0.5) is 0 Å². The zero-order valence-electron chi connectivity index (χ0n) is 16.0. The van der Waals surface area contributed by atoms with Crippen LogP contribution in [0.3, 0.4) is 0 Å². The van der Waals surface area contributed by atoms with E-state index in [9.17, 15) is 14.7 Å². The molecule has 1 atom stereocenters. The lowest BCUT2D eigenvalue weighted by molar-refractivity contribution is -0.140. The van der Waals surface area contributed by atoms with Gasteiger partial charge < -0.3 is 14.4 Å². The smallest absolute Gasteiger partial charge is 0.296 e. The molecule has 1 unspecified atom stereocenters. The van der Waals surface area contributed by atoms with E-state index in [2.05, 4.69) is 6.92 Å². The van der Waals surface area contributed by atoms with Crippen LogP contribution in [0, 0.1) is 0 Å². The number of likely N-dealkylation sites (tertiary alicyclic amines) is 1. The highest BCUT2D eigenvalue weighted by molar-refractivity contribution is 6.46. The summed E-state index contributed by atoms with van der Waals surface area (Å²) in [5, 5.41) is 10.9. The number of nitrogens with zero attached hydrogens (tertiary/aromatic N) is 1. The van der Waals surface area contributed by atoms with Crippen molar-refractivity contribution in [2.75, 3.05) is 0 Å². The summed E-state index contributed by atoms with van der Waals surface area (Å²) < 4.78 is 5.40. The van der Waals surface area contributed by atoms with E-state index in [1.165, 1.54) is 11.2 Å². The number of hydrogen-bond donors (Lipinski definition) is 1. The fourth-order valence-electron chi connectivity index (χ4n) is 3.65. The number of ketones is 1. The number of amides is 1. The van der Waals surface area contributed by atoms with Gasteiger partial charge in [-0.05, 0) is 29.7 Å². The van der Waals surface area contributed by atoms with Gasteiger partial charge in [0, 0.05) is 5.56 Å². The maximum absolute atomic E-state index is 12.9. The van der Waals surface area contributed by atoms with Gasteiger partial charge in [-0.25, -0.2) is 0 Å². The second kappa shape index (κ2) is 7.80. The molecule has 0 radical (unpaired) electrons. The Morgan fingerprint density at radius 3 is 2.34 bits per heavy atom. The van der Waals surface area contributed by atoms with Gasteiger partial charge in [0.1, 0.15) is 11.5 Å². The zero-order chi connectivity index (χ0) is 20.4. The summed E-state index contributed by atoms with van der Waals surface area (Å²) in [6.45, 7) is 2.21. The van der Waals surface area contributed by atoms with Crippen LogP contribution in [0.1, 0.15) is 35.4 Å². The molecule has 2 heterocycles. The SMILES string of the molecule is CCc1ccc(C2/C(=C(/O)c3ccccc3)C(=O)C(=O)N2Cc2ccco2)cc1. The van der Waals surface area contributed by atoms with Crippen LogP contribution < -0.4 is 0 Å². The Hall–Kier alpha value is -3.60. The third-order valence-electron chi connectivity index (χ3n) is 5.20. The molecule has 3 aromatic rings. The summed E-state index contributed by atoms with van der Waals surface area (Å²) in [5.74, 6) is -0.942. The molecule has 0 bridgehead atoms. The molecular weight excluding hydrogens is 366 g/mol. The Labute approximate surface area is 168 Å². The highest BCUT2D eigenvalue weighted by atomic mass is 16.3. The molecule has 4 rings (SSSR count). The van der Waals surface area contributed by atoms with Crippen molar-refractivity contribution >= 4 is 17.4 Å². The van der Waals surface area contributed by atoms with Crippen LogP contribution in [0.15, 0.2) is 83.0 Å². The average Bonchev–Trinajstić information content (AvgIpc) is 3.36. The largest absolute Gasteiger partial charge is 0.507 e. The lowest BCUT2D eigenvalue weighted by Crippen LogP contribution is -2.29. The van der Waals surface area contributed by atoms with Gasteiger partial charge in [-0.2, -0.15) is 0 Å². The summed E-state index contributed by atoms with van der Waals surface area (Å²) in [7, 11) is 0. The minimum absolute atomic E-state index is 0.0944. The van der Waals surface area contributed by atoms with E-state index in [1.54, 1.807) is 36.4 Å². The Balaban J connectivity index is 1.85. The number of rotatable bonds is 5. The van der Waals surface area contributed by atoms with Crippen molar-refractivity contribution < 1.29 is 19.1 Å². The second-order valence-corrected chi connectivity index (χ2v) is 6.97. The predicted octanol–water partition coefficient (Wildman–Crippen LogP) is 4.46. The van der Waals surface area contributed by atoms with Gasteiger partial charge in [0.15, 0.2) is 0 Å². The van der Waals surface area contributed by atoms with Crippen LogP contribution in [-0.2, 0) is 22.6 Å². The number of aryl methyl sites for hydroxylation is 1. The van der Waals surface area contributed by atoms with Gasteiger partial charge >= 0.3 is 0 Å². The van der Waals surface area contributed by atoms with E-state index in [1.807, 2.05) is 30.3 Å². The Morgan fingerprint density at radius 1 is 1.00 bits per heavy atom. The van der Waals surface area contributed by atoms with E-state index in [0.29, 0.717) is 11.3 Å².